The van der Waals surface area contributed by atoms with Gasteiger partial charge in [-0.05, 0) is 0 Å². The number of unbranched alkanes of at least 4 members (excludes halogenated alkanes) is 2. The zero-order valence-electron chi connectivity index (χ0n) is 44.3. The standard InChI is InChI=1S/C33H21.C31H29.2C4H9.Zr/c1-3-11-28-22(7-1)9-5-13-30(28)24-15-17-32-26(19-24)21-27-20-25(16-18-33(27)32)31-14-6-10-23-8-2-4-12-29(23)31;1-18-11-20(3)30(21(4)12-18)24-7-9-28-26(15-24)17-27-16-25(8-10-29(27)28)31-22(5)13-19(2)14-23(31)6;2*1-3-4-2;/h1-19H,21H2;7-15H,17H2,1-6H3;2*1,3-4H2,2H3;. The molecule has 0 spiro atoms. The summed E-state index contributed by atoms with van der Waals surface area (Å²) in [5.41, 5.74) is 31.4. The number of aryl methyl sites for hydroxylation is 6. The van der Waals surface area contributed by atoms with Crippen LogP contribution in [0.1, 0.15) is 95.2 Å². The second-order valence-corrected chi connectivity index (χ2v) is 32.3. The van der Waals surface area contributed by atoms with E-state index < -0.39 is 20.3 Å². The Morgan fingerprint density at radius 2 is 0.781 bits per heavy atom. The molecule has 10 aromatic rings. The van der Waals surface area contributed by atoms with E-state index in [0.29, 0.717) is 0 Å². The molecule has 360 valence electrons. The molecular weight excluding hydrogens is 956 g/mol. The predicted octanol–water partition coefficient (Wildman–Crippen LogP) is 19.2. The molecule has 0 aromatic heterocycles. The summed E-state index contributed by atoms with van der Waals surface area (Å²) in [6.07, 6.45) is 6.76. The maximum atomic E-state index is 2.62. The van der Waals surface area contributed by atoms with Gasteiger partial charge in [-0.2, -0.15) is 0 Å². The van der Waals surface area contributed by atoms with Crippen LogP contribution in [0.5, 0.6) is 0 Å². The van der Waals surface area contributed by atoms with Crippen LogP contribution in [0.4, 0.5) is 0 Å². The van der Waals surface area contributed by atoms with Crippen LogP contribution in [0.2, 0.25) is 8.26 Å². The Hall–Kier alpha value is -6.40. The second-order valence-electron chi connectivity index (χ2n) is 22.0. The second kappa shape index (κ2) is 19.1. The van der Waals surface area contributed by atoms with Gasteiger partial charge in [-0.1, -0.05) is 0 Å². The summed E-state index contributed by atoms with van der Waals surface area (Å²) in [4.78, 5) is 0. The number of fused-ring (bicyclic) bond motifs is 8. The fourth-order valence-corrected chi connectivity index (χ4v) is 30.2. The van der Waals surface area contributed by atoms with E-state index in [2.05, 4.69) is 225 Å². The third kappa shape index (κ3) is 8.05. The van der Waals surface area contributed by atoms with Gasteiger partial charge in [-0.25, -0.2) is 0 Å². The van der Waals surface area contributed by atoms with Gasteiger partial charge in [0.1, 0.15) is 0 Å². The summed E-state index contributed by atoms with van der Waals surface area (Å²) >= 11 is -4.07. The van der Waals surface area contributed by atoms with E-state index in [0.717, 1.165) is 12.8 Å². The molecule has 0 heterocycles. The van der Waals surface area contributed by atoms with Gasteiger partial charge in [0.15, 0.2) is 0 Å². The quantitative estimate of drug-likeness (QED) is 0.114. The van der Waals surface area contributed by atoms with Crippen LogP contribution in [0.3, 0.4) is 0 Å². The van der Waals surface area contributed by atoms with Crippen molar-refractivity contribution in [3.05, 3.63) is 225 Å². The molecule has 0 aliphatic heterocycles. The molecule has 0 radical (unpaired) electrons. The van der Waals surface area contributed by atoms with Crippen molar-refractivity contribution in [2.75, 3.05) is 0 Å². The minimum atomic E-state index is -4.07. The molecule has 2 aliphatic carbocycles. The van der Waals surface area contributed by atoms with E-state index in [9.17, 15) is 0 Å². The van der Waals surface area contributed by atoms with Crippen molar-refractivity contribution in [3.63, 3.8) is 0 Å². The van der Waals surface area contributed by atoms with Crippen molar-refractivity contribution < 1.29 is 20.3 Å². The van der Waals surface area contributed by atoms with E-state index >= 15 is 0 Å². The van der Waals surface area contributed by atoms with Gasteiger partial charge in [0.2, 0.25) is 0 Å². The van der Waals surface area contributed by atoms with Crippen molar-refractivity contribution in [1.29, 1.82) is 0 Å². The first kappa shape index (κ1) is 47.6. The Balaban J connectivity index is 1.17. The summed E-state index contributed by atoms with van der Waals surface area (Å²) in [6, 6.07) is 66.8. The van der Waals surface area contributed by atoms with Gasteiger partial charge < -0.3 is 0 Å². The van der Waals surface area contributed by atoms with Gasteiger partial charge in [-0.15, -0.1) is 0 Å². The molecule has 0 unspecified atom stereocenters. The Kier molecular flexibility index (Phi) is 12.5. The van der Waals surface area contributed by atoms with Crippen molar-refractivity contribution in [1.82, 2.24) is 0 Å². The van der Waals surface area contributed by atoms with Crippen LogP contribution >= 0.6 is 0 Å². The SMILES string of the molecule is CCC[CH2][Zr]([CH2]CCC)([c]1c(-c2c(C)cc(C)cc2C)ccc2c1Cc1cc(-c3c(C)cc(C)cc3C)ccc1-2)[c]1c(-c2cccc3ccccc23)ccc2c1Cc1cc(-c3cccc4ccccc34)ccc1-2. The van der Waals surface area contributed by atoms with Crippen LogP contribution < -0.4 is 6.54 Å². The molecule has 0 amide bonds. The Morgan fingerprint density at radius 1 is 0.356 bits per heavy atom. The normalized spacial score (nSPS) is 12.6. The van der Waals surface area contributed by atoms with Crippen LogP contribution in [-0.4, -0.2) is 0 Å². The minimum absolute atomic E-state index is 0.958. The Bertz CT molecular complexity index is 3780. The van der Waals surface area contributed by atoms with E-state index in [4.69, 9.17) is 0 Å². The zero-order chi connectivity index (χ0) is 50.1. The fourth-order valence-electron chi connectivity index (χ4n) is 14.3. The monoisotopic (exact) mass is 1020 g/mol. The first-order chi connectivity index (χ1) is 35.6. The number of hydrogen-bond donors (Lipinski definition) is 0. The van der Waals surface area contributed by atoms with Crippen LogP contribution in [0.25, 0.3) is 88.3 Å². The van der Waals surface area contributed by atoms with E-state index in [1.165, 1.54) is 167 Å². The third-order valence-corrected chi connectivity index (χ3v) is 30.6. The molecule has 0 atom stereocenters. The number of rotatable bonds is 12. The van der Waals surface area contributed by atoms with Gasteiger partial charge in [0.05, 0.1) is 0 Å². The first-order valence-electron chi connectivity index (χ1n) is 27.3. The van der Waals surface area contributed by atoms with E-state index in [-0.39, 0.29) is 0 Å². The Morgan fingerprint density at radius 3 is 1.34 bits per heavy atom. The first-order valence-corrected chi connectivity index (χ1v) is 33.2. The predicted molar refractivity (Wildman–Crippen MR) is 313 cm³/mol. The van der Waals surface area contributed by atoms with Crippen molar-refractivity contribution >= 4 is 28.1 Å². The molecule has 1 heteroatoms. The van der Waals surface area contributed by atoms with Crippen molar-refractivity contribution in [2.24, 2.45) is 0 Å². The van der Waals surface area contributed by atoms with Gasteiger partial charge in [0, 0.05) is 0 Å². The molecule has 0 saturated heterocycles. The summed E-state index contributed by atoms with van der Waals surface area (Å²) in [5, 5.41) is 5.28. The van der Waals surface area contributed by atoms with E-state index in [1.54, 1.807) is 17.7 Å². The number of benzene rings is 10. The van der Waals surface area contributed by atoms with E-state index in [1.807, 2.05) is 0 Å². The van der Waals surface area contributed by atoms with Gasteiger partial charge in [-0.3, -0.25) is 0 Å². The molecule has 0 saturated carbocycles. The average Bonchev–Trinajstić information content (AvgIpc) is 3.95. The number of hydrogen-bond acceptors (Lipinski definition) is 0. The molecule has 0 fully saturated rings. The summed E-state index contributed by atoms with van der Waals surface area (Å²) in [7, 11) is 0. The van der Waals surface area contributed by atoms with Crippen LogP contribution in [0, 0.1) is 41.5 Å². The molecule has 73 heavy (non-hydrogen) atoms. The summed E-state index contributed by atoms with van der Waals surface area (Å²) in [6.45, 7) is 18.8. The molecular formula is C72H68Zr. The summed E-state index contributed by atoms with van der Waals surface area (Å²) < 4.78 is 6.13. The van der Waals surface area contributed by atoms with Crippen LogP contribution in [0.15, 0.2) is 170 Å². The molecule has 0 N–H and O–H groups in total. The molecule has 2 aliphatic rings. The van der Waals surface area contributed by atoms with Crippen LogP contribution in [-0.2, 0) is 33.1 Å². The topological polar surface area (TPSA) is 0 Å². The molecule has 0 bridgehead atoms. The average molecular weight is 1020 g/mol. The zero-order valence-corrected chi connectivity index (χ0v) is 46.8. The fraction of sp³-hybridized carbons (Fsp3) is 0.222. The summed E-state index contributed by atoms with van der Waals surface area (Å²) in [5.74, 6) is 0. The Labute approximate surface area is 439 Å². The maximum absolute atomic E-state index is 4.07. The van der Waals surface area contributed by atoms with Crippen molar-refractivity contribution in [3.8, 4) is 66.8 Å². The van der Waals surface area contributed by atoms with Gasteiger partial charge in [0.25, 0.3) is 0 Å². The molecule has 10 aromatic carbocycles. The third-order valence-electron chi connectivity index (χ3n) is 17.1. The molecule has 0 nitrogen and oxygen atoms in total. The molecule has 12 rings (SSSR count). The van der Waals surface area contributed by atoms with Crippen molar-refractivity contribution in [2.45, 2.75) is 102 Å². The van der Waals surface area contributed by atoms with Gasteiger partial charge >= 0.3 is 443 Å².